The largest absolute Gasteiger partial charge is 0.379 e. The predicted molar refractivity (Wildman–Crippen MR) is 64.9 cm³/mol. The van der Waals surface area contributed by atoms with Crippen LogP contribution in [0, 0.1) is 18.6 Å². The van der Waals surface area contributed by atoms with Crippen LogP contribution in [0.15, 0.2) is 42.5 Å². The van der Waals surface area contributed by atoms with Crippen LogP contribution in [-0.4, -0.2) is 0 Å². The van der Waals surface area contributed by atoms with E-state index in [0.717, 1.165) is 5.56 Å². The molecule has 1 N–H and O–H groups in total. The molecule has 0 radical (unpaired) electrons. The van der Waals surface area contributed by atoms with E-state index in [1.165, 1.54) is 12.1 Å². The van der Waals surface area contributed by atoms with Gasteiger partial charge in [0.1, 0.15) is 11.6 Å². The molecule has 0 aliphatic heterocycles. The van der Waals surface area contributed by atoms with Crippen molar-refractivity contribution in [2.45, 2.75) is 13.5 Å². The SMILES string of the molecule is Cc1cc(F)c(NCc2ccccc2)cc1F. The molecule has 0 unspecified atom stereocenters. The third-order valence-electron chi connectivity index (χ3n) is 2.57. The predicted octanol–water partition coefficient (Wildman–Crippen LogP) is 3.89. The highest BCUT2D eigenvalue weighted by Gasteiger charge is 2.06. The quantitative estimate of drug-likeness (QED) is 0.848. The van der Waals surface area contributed by atoms with Gasteiger partial charge in [0, 0.05) is 12.6 Å². The highest BCUT2D eigenvalue weighted by atomic mass is 19.1. The average molecular weight is 233 g/mol. The zero-order valence-corrected chi connectivity index (χ0v) is 9.50. The lowest BCUT2D eigenvalue weighted by Crippen LogP contribution is -2.02. The monoisotopic (exact) mass is 233 g/mol. The van der Waals surface area contributed by atoms with E-state index >= 15 is 0 Å². The Kier molecular flexibility index (Phi) is 3.38. The molecule has 2 aromatic carbocycles. The second-order valence-corrected chi connectivity index (χ2v) is 3.92. The lowest BCUT2D eigenvalue weighted by Gasteiger charge is -2.09. The lowest BCUT2D eigenvalue weighted by molar-refractivity contribution is 0.594. The summed E-state index contributed by atoms with van der Waals surface area (Å²) in [6.45, 7) is 2.01. The van der Waals surface area contributed by atoms with Crippen molar-refractivity contribution in [3.05, 3.63) is 65.2 Å². The summed E-state index contributed by atoms with van der Waals surface area (Å²) >= 11 is 0. The summed E-state index contributed by atoms with van der Waals surface area (Å²) in [6.07, 6.45) is 0. The first-order valence-electron chi connectivity index (χ1n) is 5.40. The molecule has 3 heteroatoms. The average Bonchev–Trinajstić information content (AvgIpc) is 2.33. The molecule has 0 atom stereocenters. The van der Waals surface area contributed by atoms with Crippen LogP contribution < -0.4 is 5.32 Å². The van der Waals surface area contributed by atoms with Crippen LogP contribution in [0.2, 0.25) is 0 Å². The van der Waals surface area contributed by atoms with E-state index in [0.29, 0.717) is 12.1 Å². The molecule has 0 amide bonds. The minimum atomic E-state index is -0.431. The molecule has 0 bridgehead atoms. The van der Waals surface area contributed by atoms with E-state index in [9.17, 15) is 8.78 Å². The van der Waals surface area contributed by atoms with Gasteiger partial charge in [0.25, 0.3) is 0 Å². The molecule has 0 heterocycles. The van der Waals surface area contributed by atoms with Gasteiger partial charge in [-0.25, -0.2) is 8.78 Å². The van der Waals surface area contributed by atoms with Gasteiger partial charge in [-0.05, 0) is 24.1 Å². The molecular weight excluding hydrogens is 220 g/mol. The summed E-state index contributed by atoms with van der Waals surface area (Å²) in [4.78, 5) is 0. The normalized spacial score (nSPS) is 10.3. The van der Waals surface area contributed by atoms with Crippen LogP contribution in [0.1, 0.15) is 11.1 Å². The van der Waals surface area contributed by atoms with Gasteiger partial charge in [0.2, 0.25) is 0 Å². The highest BCUT2D eigenvalue weighted by molar-refractivity contribution is 5.47. The van der Waals surface area contributed by atoms with Gasteiger partial charge in [-0.3, -0.25) is 0 Å². The summed E-state index contributed by atoms with van der Waals surface area (Å²) in [5.74, 6) is -0.832. The number of hydrogen-bond donors (Lipinski definition) is 1. The molecule has 0 spiro atoms. The number of hydrogen-bond acceptors (Lipinski definition) is 1. The molecule has 2 rings (SSSR count). The van der Waals surface area contributed by atoms with Gasteiger partial charge in [-0.15, -0.1) is 0 Å². The van der Waals surface area contributed by atoms with E-state index in [-0.39, 0.29) is 5.69 Å². The molecule has 0 saturated heterocycles. The van der Waals surface area contributed by atoms with Crippen molar-refractivity contribution in [3.63, 3.8) is 0 Å². The van der Waals surface area contributed by atoms with Gasteiger partial charge < -0.3 is 5.32 Å². The van der Waals surface area contributed by atoms with E-state index in [4.69, 9.17) is 0 Å². The fourth-order valence-electron chi connectivity index (χ4n) is 1.57. The van der Waals surface area contributed by atoms with E-state index in [1.54, 1.807) is 6.92 Å². The molecule has 0 fully saturated rings. The van der Waals surface area contributed by atoms with E-state index in [1.807, 2.05) is 30.3 Å². The van der Waals surface area contributed by atoms with Crippen LogP contribution in [0.4, 0.5) is 14.5 Å². The van der Waals surface area contributed by atoms with Crippen molar-refractivity contribution in [2.24, 2.45) is 0 Å². The summed E-state index contributed by atoms with van der Waals surface area (Å²) in [6, 6.07) is 12.0. The Hall–Kier alpha value is -1.90. The molecule has 0 saturated carbocycles. The van der Waals surface area contributed by atoms with Crippen molar-refractivity contribution in [3.8, 4) is 0 Å². The molecule has 0 aromatic heterocycles. The third kappa shape index (κ3) is 2.81. The van der Waals surface area contributed by atoms with Gasteiger partial charge in [0.05, 0.1) is 5.69 Å². The standard InChI is InChI=1S/C14H13F2N/c1-10-7-13(16)14(8-12(10)15)17-9-11-5-3-2-4-6-11/h2-8,17H,9H2,1H3. The topological polar surface area (TPSA) is 12.0 Å². The van der Waals surface area contributed by atoms with E-state index < -0.39 is 11.6 Å². The number of anilines is 1. The Bertz CT molecular complexity index is 509. The van der Waals surface area contributed by atoms with Crippen molar-refractivity contribution >= 4 is 5.69 Å². The van der Waals surface area contributed by atoms with E-state index in [2.05, 4.69) is 5.32 Å². The van der Waals surface area contributed by atoms with Crippen molar-refractivity contribution < 1.29 is 8.78 Å². The molecule has 17 heavy (non-hydrogen) atoms. The maximum atomic E-state index is 13.5. The summed E-state index contributed by atoms with van der Waals surface area (Å²) in [7, 11) is 0. The highest BCUT2D eigenvalue weighted by Crippen LogP contribution is 2.19. The minimum Gasteiger partial charge on any atom is -0.379 e. The van der Waals surface area contributed by atoms with Gasteiger partial charge >= 0.3 is 0 Å². The first-order valence-corrected chi connectivity index (χ1v) is 5.40. The fourth-order valence-corrected chi connectivity index (χ4v) is 1.57. The Morgan fingerprint density at radius 3 is 2.41 bits per heavy atom. The van der Waals surface area contributed by atoms with Crippen LogP contribution in [0.3, 0.4) is 0 Å². The molecule has 0 aliphatic rings. The summed E-state index contributed by atoms with van der Waals surface area (Å²) in [5, 5.41) is 2.88. The van der Waals surface area contributed by atoms with Crippen molar-refractivity contribution in [2.75, 3.05) is 5.32 Å². The summed E-state index contributed by atoms with van der Waals surface area (Å²) in [5.41, 5.74) is 1.53. The first kappa shape index (κ1) is 11.6. The van der Waals surface area contributed by atoms with Crippen LogP contribution >= 0.6 is 0 Å². The molecule has 88 valence electrons. The molecule has 0 aliphatic carbocycles. The smallest absolute Gasteiger partial charge is 0.146 e. The van der Waals surface area contributed by atoms with Crippen molar-refractivity contribution in [1.29, 1.82) is 0 Å². The number of aryl methyl sites for hydroxylation is 1. The Morgan fingerprint density at radius 1 is 1.00 bits per heavy atom. The van der Waals surface area contributed by atoms with Crippen molar-refractivity contribution in [1.82, 2.24) is 0 Å². The first-order chi connectivity index (χ1) is 8.16. The lowest BCUT2D eigenvalue weighted by atomic mass is 10.2. The van der Waals surface area contributed by atoms with Crippen LogP contribution in [0.5, 0.6) is 0 Å². The fraction of sp³-hybridized carbons (Fsp3) is 0.143. The molecular formula is C14H13F2N. The number of halogens is 2. The second kappa shape index (κ2) is 4.95. The molecule has 1 nitrogen and oxygen atoms in total. The zero-order valence-electron chi connectivity index (χ0n) is 9.50. The minimum absolute atomic E-state index is 0.192. The number of nitrogens with one attached hydrogen (secondary N) is 1. The maximum Gasteiger partial charge on any atom is 0.146 e. The maximum absolute atomic E-state index is 13.5. The summed E-state index contributed by atoms with van der Waals surface area (Å²) < 4.78 is 26.8. The van der Waals surface area contributed by atoms with Crippen LogP contribution in [0.25, 0.3) is 0 Å². The van der Waals surface area contributed by atoms with Gasteiger partial charge in [0.15, 0.2) is 0 Å². The van der Waals surface area contributed by atoms with Gasteiger partial charge in [-0.2, -0.15) is 0 Å². The number of benzene rings is 2. The zero-order chi connectivity index (χ0) is 12.3. The van der Waals surface area contributed by atoms with Gasteiger partial charge in [-0.1, -0.05) is 30.3 Å². The Labute approximate surface area is 99.1 Å². The Balaban J connectivity index is 2.12. The molecule has 2 aromatic rings. The third-order valence-corrected chi connectivity index (χ3v) is 2.57. The number of rotatable bonds is 3. The Morgan fingerprint density at radius 2 is 1.71 bits per heavy atom. The van der Waals surface area contributed by atoms with Crippen LogP contribution in [-0.2, 0) is 6.54 Å². The second-order valence-electron chi connectivity index (χ2n) is 3.92.